The molecule has 2 unspecified atom stereocenters. The van der Waals surface area contributed by atoms with Gasteiger partial charge in [-0.15, -0.1) is 0 Å². The lowest BCUT2D eigenvalue weighted by molar-refractivity contribution is 0.318. The first kappa shape index (κ1) is 12.7. The van der Waals surface area contributed by atoms with E-state index in [1.165, 1.54) is 12.8 Å². The number of nitrogens with two attached hydrogens (primary N) is 1. The number of anilines is 1. The van der Waals surface area contributed by atoms with Crippen molar-refractivity contribution in [2.75, 3.05) is 11.4 Å². The van der Waals surface area contributed by atoms with Gasteiger partial charge < -0.3 is 15.8 Å². The van der Waals surface area contributed by atoms with Gasteiger partial charge in [0.25, 0.3) is 0 Å². The highest BCUT2D eigenvalue weighted by Crippen LogP contribution is 2.27. The fourth-order valence-electron chi connectivity index (χ4n) is 2.44. The van der Waals surface area contributed by atoms with E-state index in [1.807, 2.05) is 12.1 Å². The van der Waals surface area contributed by atoms with Crippen molar-refractivity contribution in [1.82, 2.24) is 4.98 Å². The molecule has 2 atom stereocenters. The molecule has 1 saturated heterocycles. The quantitative estimate of drug-likeness (QED) is 0.362. The van der Waals surface area contributed by atoms with Crippen molar-refractivity contribution in [3.63, 3.8) is 0 Å². The molecule has 0 spiro atoms. The van der Waals surface area contributed by atoms with E-state index < -0.39 is 0 Å². The molecule has 2 heterocycles. The summed E-state index contributed by atoms with van der Waals surface area (Å²) in [7, 11) is 0. The van der Waals surface area contributed by atoms with Gasteiger partial charge in [-0.3, -0.25) is 4.98 Å². The molecule has 3 N–H and O–H groups in total. The van der Waals surface area contributed by atoms with Crippen LogP contribution in [0.25, 0.3) is 0 Å². The molecule has 1 aromatic rings. The van der Waals surface area contributed by atoms with E-state index in [-0.39, 0.29) is 5.84 Å². The Labute approximate surface area is 107 Å². The highest BCUT2D eigenvalue weighted by atomic mass is 16.4. The fraction of sp³-hybridized carbons (Fsp3) is 0.538. The van der Waals surface area contributed by atoms with Crippen LogP contribution in [0.15, 0.2) is 23.5 Å². The van der Waals surface area contributed by atoms with Crippen LogP contribution < -0.4 is 10.6 Å². The van der Waals surface area contributed by atoms with Crippen molar-refractivity contribution in [2.24, 2.45) is 16.8 Å². The van der Waals surface area contributed by atoms with Crippen LogP contribution >= 0.6 is 0 Å². The minimum absolute atomic E-state index is 0.0505. The molecule has 0 aromatic carbocycles. The zero-order valence-corrected chi connectivity index (χ0v) is 10.9. The number of amidine groups is 1. The lowest BCUT2D eigenvalue weighted by atomic mass is 9.94. The van der Waals surface area contributed by atoms with Crippen LogP contribution in [0.1, 0.15) is 32.4 Å². The Morgan fingerprint density at radius 1 is 1.50 bits per heavy atom. The molecule has 0 aliphatic carbocycles. The largest absolute Gasteiger partial charge is 0.409 e. The topological polar surface area (TPSA) is 74.7 Å². The minimum Gasteiger partial charge on any atom is -0.409 e. The number of rotatable bonds is 2. The molecule has 5 nitrogen and oxygen atoms in total. The summed E-state index contributed by atoms with van der Waals surface area (Å²) in [5.41, 5.74) is 7.18. The van der Waals surface area contributed by atoms with Crippen LogP contribution in [0.4, 0.5) is 5.69 Å². The molecular weight excluding hydrogens is 228 g/mol. The van der Waals surface area contributed by atoms with E-state index in [0.29, 0.717) is 17.7 Å². The Morgan fingerprint density at radius 2 is 2.28 bits per heavy atom. The Hall–Kier alpha value is -1.78. The fourth-order valence-corrected chi connectivity index (χ4v) is 2.44. The van der Waals surface area contributed by atoms with Crippen LogP contribution in [0.3, 0.4) is 0 Å². The van der Waals surface area contributed by atoms with Crippen LogP contribution in [0.2, 0.25) is 0 Å². The molecule has 98 valence electrons. The van der Waals surface area contributed by atoms with Gasteiger partial charge in [-0.2, -0.15) is 0 Å². The summed E-state index contributed by atoms with van der Waals surface area (Å²) in [4.78, 5) is 6.47. The van der Waals surface area contributed by atoms with E-state index in [4.69, 9.17) is 10.9 Å². The van der Waals surface area contributed by atoms with Gasteiger partial charge in [-0.1, -0.05) is 12.1 Å². The molecule has 0 saturated carbocycles. The molecule has 1 aromatic heterocycles. The zero-order chi connectivity index (χ0) is 13.1. The van der Waals surface area contributed by atoms with Crippen molar-refractivity contribution in [1.29, 1.82) is 0 Å². The first-order valence-electron chi connectivity index (χ1n) is 6.32. The summed E-state index contributed by atoms with van der Waals surface area (Å²) >= 11 is 0. The second-order valence-electron chi connectivity index (χ2n) is 5.07. The molecule has 0 bridgehead atoms. The Bertz CT molecular complexity index is 446. The summed E-state index contributed by atoms with van der Waals surface area (Å²) in [5.74, 6) is 0.747. The minimum atomic E-state index is 0.0505. The summed E-state index contributed by atoms with van der Waals surface area (Å²) in [6.07, 6.45) is 4.17. The second kappa shape index (κ2) is 5.25. The normalized spacial score (nSPS) is 25.2. The number of oxime groups is 1. The van der Waals surface area contributed by atoms with E-state index in [9.17, 15) is 0 Å². The van der Waals surface area contributed by atoms with E-state index >= 15 is 0 Å². The van der Waals surface area contributed by atoms with Gasteiger partial charge in [0.05, 0.1) is 0 Å². The predicted octanol–water partition coefficient (Wildman–Crippen LogP) is 1.80. The smallest absolute Gasteiger partial charge is 0.188 e. The van der Waals surface area contributed by atoms with Crippen LogP contribution in [0, 0.1) is 5.92 Å². The number of aromatic nitrogens is 1. The van der Waals surface area contributed by atoms with Crippen molar-refractivity contribution < 1.29 is 5.21 Å². The monoisotopic (exact) mass is 248 g/mol. The molecular formula is C13H20N4O. The summed E-state index contributed by atoms with van der Waals surface area (Å²) in [6, 6.07) is 4.37. The Kier molecular flexibility index (Phi) is 3.69. The van der Waals surface area contributed by atoms with Crippen LogP contribution in [0.5, 0.6) is 0 Å². The zero-order valence-electron chi connectivity index (χ0n) is 10.9. The first-order chi connectivity index (χ1) is 8.61. The Balaban J connectivity index is 2.27. The molecule has 5 heteroatoms. The van der Waals surface area contributed by atoms with Gasteiger partial charge in [0, 0.05) is 24.5 Å². The summed E-state index contributed by atoms with van der Waals surface area (Å²) in [5, 5.41) is 11.7. The number of pyridine rings is 1. The lowest BCUT2D eigenvalue weighted by Crippen LogP contribution is -2.41. The number of hydrogen-bond acceptors (Lipinski definition) is 4. The van der Waals surface area contributed by atoms with Gasteiger partial charge in [0.15, 0.2) is 5.84 Å². The van der Waals surface area contributed by atoms with Gasteiger partial charge in [0.1, 0.15) is 5.69 Å². The SMILES string of the molecule is CC1CCC(C)N(c2ccnc(C(N)=NO)c2)C1. The van der Waals surface area contributed by atoms with E-state index in [2.05, 4.69) is 28.9 Å². The second-order valence-corrected chi connectivity index (χ2v) is 5.07. The molecule has 0 radical (unpaired) electrons. The standard InChI is InChI=1S/C13H20N4O/c1-9-3-4-10(2)17(8-9)11-5-6-15-12(7-11)13(14)16-18/h5-7,9-10,18H,3-4,8H2,1-2H3,(H2,14,16). The maximum Gasteiger partial charge on any atom is 0.188 e. The molecule has 18 heavy (non-hydrogen) atoms. The average Bonchev–Trinajstić information content (AvgIpc) is 2.40. The van der Waals surface area contributed by atoms with Crippen LogP contribution in [-0.2, 0) is 0 Å². The number of hydrogen-bond donors (Lipinski definition) is 2. The maximum atomic E-state index is 8.69. The summed E-state index contributed by atoms with van der Waals surface area (Å²) in [6.45, 7) is 5.54. The highest BCUT2D eigenvalue weighted by molar-refractivity contribution is 5.95. The predicted molar refractivity (Wildman–Crippen MR) is 72.0 cm³/mol. The molecule has 1 fully saturated rings. The molecule has 1 aliphatic heterocycles. The van der Waals surface area contributed by atoms with Gasteiger partial charge >= 0.3 is 0 Å². The number of piperidine rings is 1. The van der Waals surface area contributed by atoms with Crippen LogP contribution in [-0.4, -0.2) is 28.6 Å². The molecule has 2 rings (SSSR count). The third-order valence-electron chi connectivity index (χ3n) is 3.56. The number of nitrogens with zero attached hydrogens (tertiary/aromatic N) is 3. The van der Waals surface area contributed by atoms with Crippen molar-refractivity contribution in [3.05, 3.63) is 24.0 Å². The van der Waals surface area contributed by atoms with E-state index in [1.54, 1.807) is 6.20 Å². The van der Waals surface area contributed by atoms with E-state index in [0.717, 1.165) is 12.2 Å². The summed E-state index contributed by atoms with van der Waals surface area (Å²) < 4.78 is 0. The lowest BCUT2D eigenvalue weighted by Gasteiger charge is -2.38. The Morgan fingerprint density at radius 3 is 3.00 bits per heavy atom. The highest BCUT2D eigenvalue weighted by Gasteiger charge is 2.23. The van der Waals surface area contributed by atoms with Gasteiger partial charge in [0.2, 0.25) is 0 Å². The first-order valence-corrected chi connectivity index (χ1v) is 6.32. The third kappa shape index (κ3) is 2.55. The van der Waals surface area contributed by atoms with Crippen molar-refractivity contribution in [3.8, 4) is 0 Å². The van der Waals surface area contributed by atoms with Crippen molar-refractivity contribution >= 4 is 11.5 Å². The molecule has 1 aliphatic rings. The van der Waals surface area contributed by atoms with Crippen molar-refractivity contribution in [2.45, 2.75) is 32.7 Å². The van der Waals surface area contributed by atoms with Gasteiger partial charge in [-0.25, -0.2) is 0 Å². The van der Waals surface area contributed by atoms with Gasteiger partial charge in [-0.05, 0) is 37.8 Å². The third-order valence-corrected chi connectivity index (χ3v) is 3.56. The molecule has 0 amide bonds. The maximum absolute atomic E-state index is 8.69. The average molecular weight is 248 g/mol.